The Morgan fingerprint density at radius 2 is 1.84 bits per heavy atom. The zero-order valence-corrected chi connectivity index (χ0v) is 14.0. The minimum Gasteiger partial charge on any atom is -0.331 e. The lowest BCUT2D eigenvalue weighted by atomic mass is 10.1. The van der Waals surface area contributed by atoms with Crippen LogP contribution < -0.4 is 15.8 Å². The predicted molar refractivity (Wildman–Crippen MR) is 91.5 cm³/mol. The van der Waals surface area contributed by atoms with E-state index in [1.165, 1.54) is 48.5 Å². The van der Waals surface area contributed by atoms with Crippen LogP contribution in [0.25, 0.3) is 0 Å². The molecule has 1 atom stereocenters. The lowest BCUT2D eigenvalue weighted by Gasteiger charge is -2.15. The first-order valence-electron chi connectivity index (χ1n) is 7.11. The minimum atomic E-state index is -3.77. The number of carbonyl (C=O) groups excluding carboxylic acids is 1. The number of anilines is 1. The van der Waals surface area contributed by atoms with Crippen LogP contribution in [0, 0.1) is 10.1 Å². The zero-order valence-electron chi connectivity index (χ0n) is 13.2. The highest BCUT2D eigenvalue weighted by Crippen LogP contribution is 2.18. The molecular weight excluding hydrogens is 348 g/mol. The van der Waals surface area contributed by atoms with Crippen LogP contribution in [-0.4, -0.2) is 19.4 Å². The van der Waals surface area contributed by atoms with Gasteiger partial charge >= 0.3 is 6.03 Å². The molecule has 0 saturated heterocycles. The highest BCUT2D eigenvalue weighted by atomic mass is 32.2. The number of nitrogens with two attached hydrogens (primary N) is 1. The van der Waals surface area contributed by atoms with Gasteiger partial charge in [0.15, 0.2) is 0 Å². The number of sulfonamides is 1. The molecule has 0 aliphatic heterocycles. The number of nitrogens with one attached hydrogen (secondary N) is 2. The van der Waals surface area contributed by atoms with Crippen molar-refractivity contribution in [2.24, 2.45) is 5.14 Å². The summed E-state index contributed by atoms with van der Waals surface area (Å²) < 4.78 is 22.4. The third-order valence-corrected chi connectivity index (χ3v) is 4.30. The number of benzene rings is 2. The summed E-state index contributed by atoms with van der Waals surface area (Å²) in [6.45, 7) is 1.71. The van der Waals surface area contributed by atoms with Crippen molar-refractivity contribution in [1.82, 2.24) is 5.32 Å². The van der Waals surface area contributed by atoms with Crippen molar-refractivity contribution in [3.8, 4) is 0 Å². The molecule has 25 heavy (non-hydrogen) atoms. The van der Waals surface area contributed by atoms with Crippen LogP contribution in [0.15, 0.2) is 53.4 Å². The van der Waals surface area contributed by atoms with Crippen LogP contribution in [0.1, 0.15) is 18.5 Å². The molecule has 0 saturated carbocycles. The van der Waals surface area contributed by atoms with Crippen LogP contribution in [-0.2, 0) is 10.0 Å². The number of nitrogens with zero attached hydrogens (tertiary/aromatic N) is 1. The molecule has 132 valence electrons. The first-order valence-corrected chi connectivity index (χ1v) is 8.66. The first-order chi connectivity index (χ1) is 11.7. The fourth-order valence-corrected chi connectivity index (χ4v) is 2.61. The van der Waals surface area contributed by atoms with Gasteiger partial charge in [-0.1, -0.05) is 18.2 Å². The molecule has 9 nitrogen and oxygen atoms in total. The fourth-order valence-electron chi connectivity index (χ4n) is 2.09. The van der Waals surface area contributed by atoms with Crippen LogP contribution in [0.3, 0.4) is 0 Å². The standard InChI is InChI=1S/C15H16N4O5S/c1-10(11-5-7-14(8-6-11)25(16,23)24)17-15(20)18-12-3-2-4-13(9-12)19(21)22/h2-10H,1H3,(H2,16,23,24)(H2,17,18,20)/t10-/m0/s1. The number of primary sulfonamides is 1. The smallest absolute Gasteiger partial charge is 0.319 e. The summed E-state index contributed by atoms with van der Waals surface area (Å²) in [5.74, 6) is 0. The van der Waals surface area contributed by atoms with Gasteiger partial charge in [-0.2, -0.15) is 0 Å². The van der Waals surface area contributed by atoms with Crippen molar-refractivity contribution in [3.05, 3.63) is 64.2 Å². The monoisotopic (exact) mass is 364 g/mol. The summed E-state index contributed by atoms with van der Waals surface area (Å²) in [4.78, 5) is 22.1. The second-order valence-corrected chi connectivity index (χ2v) is 6.80. The van der Waals surface area contributed by atoms with Gasteiger partial charge in [0.25, 0.3) is 5.69 Å². The molecule has 2 amide bonds. The summed E-state index contributed by atoms with van der Waals surface area (Å²) in [7, 11) is -3.77. The second-order valence-electron chi connectivity index (χ2n) is 5.24. The number of carbonyl (C=O) groups is 1. The molecule has 0 radical (unpaired) electrons. The molecular formula is C15H16N4O5S. The number of hydrogen-bond acceptors (Lipinski definition) is 5. The summed E-state index contributed by atoms with van der Waals surface area (Å²) in [6, 6.07) is 10.3. The Morgan fingerprint density at radius 3 is 2.40 bits per heavy atom. The van der Waals surface area contributed by atoms with Gasteiger partial charge in [0, 0.05) is 17.8 Å². The topological polar surface area (TPSA) is 144 Å². The van der Waals surface area contributed by atoms with E-state index in [1.807, 2.05) is 0 Å². The van der Waals surface area contributed by atoms with Gasteiger partial charge in [0.1, 0.15) is 0 Å². The van der Waals surface area contributed by atoms with Crippen LogP contribution in [0.2, 0.25) is 0 Å². The average molecular weight is 364 g/mol. The fraction of sp³-hybridized carbons (Fsp3) is 0.133. The molecule has 4 N–H and O–H groups in total. The maximum absolute atomic E-state index is 12.0. The Kier molecular flexibility index (Phi) is 5.35. The summed E-state index contributed by atoms with van der Waals surface area (Å²) in [6.07, 6.45) is 0. The highest BCUT2D eigenvalue weighted by molar-refractivity contribution is 7.89. The third kappa shape index (κ3) is 4.99. The number of urea groups is 1. The molecule has 2 rings (SSSR count). The van der Waals surface area contributed by atoms with Crippen molar-refractivity contribution in [2.45, 2.75) is 17.9 Å². The average Bonchev–Trinajstić information content (AvgIpc) is 2.54. The molecule has 0 aromatic heterocycles. The van der Waals surface area contributed by atoms with Crippen molar-refractivity contribution >= 4 is 27.4 Å². The molecule has 2 aromatic carbocycles. The van der Waals surface area contributed by atoms with E-state index in [4.69, 9.17) is 5.14 Å². The maximum Gasteiger partial charge on any atom is 0.319 e. The number of non-ortho nitro benzene ring substituents is 1. The van der Waals surface area contributed by atoms with Crippen molar-refractivity contribution in [2.75, 3.05) is 5.32 Å². The quantitative estimate of drug-likeness (QED) is 0.550. The van der Waals surface area contributed by atoms with Crippen molar-refractivity contribution in [1.29, 1.82) is 0 Å². The van der Waals surface area contributed by atoms with Gasteiger partial charge in [-0.05, 0) is 30.7 Å². The lowest BCUT2D eigenvalue weighted by molar-refractivity contribution is -0.384. The van der Waals surface area contributed by atoms with Crippen LogP contribution in [0.5, 0.6) is 0 Å². The van der Waals surface area contributed by atoms with E-state index in [9.17, 15) is 23.3 Å². The normalized spacial score (nSPS) is 12.2. The number of hydrogen-bond donors (Lipinski definition) is 3. The molecule has 0 aliphatic rings. The Morgan fingerprint density at radius 1 is 1.20 bits per heavy atom. The SMILES string of the molecule is C[C@H](NC(=O)Nc1cccc([N+](=O)[O-])c1)c1ccc(S(N)(=O)=O)cc1. The molecule has 0 fully saturated rings. The Bertz CT molecular complexity index is 896. The van der Waals surface area contributed by atoms with Gasteiger partial charge in [-0.3, -0.25) is 10.1 Å². The largest absolute Gasteiger partial charge is 0.331 e. The predicted octanol–water partition coefficient (Wildman–Crippen LogP) is 2.12. The summed E-state index contributed by atoms with van der Waals surface area (Å²) >= 11 is 0. The lowest BCUT2D eigenvalue weighted by Crippen LogP contribution is -2.31. The molecule has 0 spiro atoms. The van der Waals surface area contributed by atoms with E-state index < -0.39 is 27.0 Å². The van der Waals surface area contributed by atoms with Crippen molar-refractivity contribution < 1.29 is 18.1 Å². The van der Waals surface area contributed by atoms with E-state index in [1.54, 1.807) is 6.92 Å². The Balaban J connectivity index is 2.02. The van der Waals surface area contributed by atoms with Gasteiger partial charge in [0.05, 0.1) is 15.9 Å². The number of rotatable bonds is 5. The molecule has 0 bridgehead atoms. The van der Waals surface area contributed by atoms with E-state index in [2.05, 4.69) is 10.6 Å². The zero-order chi connectivity index (χ0) is 18.6. The molecule has 2 aromatic rings. The van der Waals surface area contributed by atoms with Gasteiger partial charge in [0.2, 0.25) is 10.0 Å². The van der Waals surface area contributed by atoms with E-state index in [-0.39, 0.29) is 16.3 Å². The van der Waals surface area contributed by atoms with Gasteiger partial charge in [-0.15, -0.1) is 0 Å². The number of nitro benzene ring substituents is 1. The maximum atomic E-state index is 12.0. The van der Waals surface area contributed by atoms with Gasteiger partial charge < -0.3 is 10.6 Å². The third-order valence-electron chi connectivity index (χ3n) is 3.37. The summed E-state index contributed by atoms with van der Waals surface area (Å²) in [5.41, 5.74) is 0.814. The number of amides is 2. The molecule has 10 heteroatoms. The molecule has 0 heterocycles. The highest BCUT2D eigenvalue weighted by Gasteiger charge is 2.13. The van der Waals surface area contributed by atoms with Crippen LogP contribution in [0.4, 0.5) is 16.2 Å². The number of nitro groups is 1. The van der Waals surface area contributed by atoms with Crippen LogP contribution >= 0.6 is 0 Å². The van der Waals surface area contributed by atoms with E-state index in [0.717, 1.165) is 0 Å². The first kappa shape index (κ1) is 18.4. The van der Waals surface area contributed by atoms with Gasteiger partial charge in [-0.25, -0.2) is 18.4 Å². The van der Waals surface area contributed by atoms with E-state index >= 15 is 0 Å². The Labute approximate surface area is 144 Å². The minimum absolute atomic E-state index is 0.0236. The molecule has 0 aliphatic carbocycles. The second kappa shape index (κ2) is 7.28. The van der Waals surface area contributed by atoms with Crippen molar-refractivity contribution in [3.63, 3.8) is 0 Å². The Hall–Kier alpha value is -2.98. The molecule has 0 unspecified atom stereocenters. The van der Waals surface area contributed by atoms with E-state index in [0.29, 0.717) is 5.56 Å². The summed E-state index contributed by atoms with van der Waals surface area (Å²) in [5, 5.41) is 20.9.